The molecule has 1 aromatic heterocycles. The summed E-state index contributed by atoms with van der Waals surface area (Å²) in [6.45, 7) is 11.1. The second-order valence-corrected chi connectivity index (χ2v) is 9.40. The van der Waals surface area contributed by atoms with Crippen LogP contribution in [0.3, 0.4) is 0 Å². The first kappa shape index (κ1) is 19.3. The van der Waals surface area contributed by atoms with Crippen LogP contribution in [-0.2, 0) is 10.7 Å². The lowest BCUT2D eigenvalue weighted by Crippen LogP contribution is -2.71. The SMILES string of the molecule is Cc1nc(C(C)(F)F)ncc1SN1CC2(C1)CN(C(=O)OC(C)(C)C)C2. The van der Waals surface area contributed by atoms with Crippen molar-refractivity contribution < 1.29 is 18.3 Å². The van der Waals surface area contributed by atoms with Crippen LogP contribution in [0.25, 0.3) is 0 Å². The molecule has 0 unspecified atom stereocenters. The second-order valence-electron chi connectivity index (χ2n) is 8.26. The van der Waals surface area contributed by atoms with Gasteiger partial charge in [0, 0.05) is 44.7 Å². The van der Waals surface area contributed by atoms with E-state index in [-0.39, 0.29) is 11.5 Å². The number of likely N-dealkylation sites (tertiary alicyclic amines) is 1. The molecular formula is C17H24F2N4O2S. The van der Waals surface area contributed by atoms with Crippen LogP contribution in [0.2, 0.25) is 0 Å². The summed E-state index contributed by atoms with van der Waals surface area (Å²) < 4.78 is 34.1. The molecule has 6 nitrogen and oxygen atoms in total. The molecule has 26 heavy (non-hydrogen) atoms. The zero-order chi connectivity index (χ0) is 19.3. The fourth-order valence-corrected chi connectivity index (χ4v) is 4.31. The number of halogens is 2. The number of carbonyl (C=O) groups excluding carboxylic acids is 1. The summed E-state index contributed by atoms with van der Waals surface area (Å²) in [4.78, 5) is 22.2. The third-order valence-electron chi connectivity index (χ3n) is 4.28. The van der Waals surface area contributed by atoms with Gasteiger partial charge in [-0.2, -0.15) is 8.78 Å². The normalized spacial score (nSPS) is 19.9. The quantitative estimate of drug-likeness (QED) is 0.742. The van der Waals surface area contributed by atoms with Gasteiger partial charge in [0.05, 0.1) is 10.6 Å². The molecule has 0 bridgehead atoms. The molecule has 1 amide bonds. The lowest BCUT2D eigenvalue weighted by Gasteiger charge is -2.59. The Balaban J connectivity index is 1.49. The van der Waals surface area contributed by atoms with Crippen molar-refractivity contribution in [1.82, 2.24) is 19.2 Å². The van der Waals surface area contributed by atoms with Crippen LogP contribution in [0.1, 0.15) is 39.2 Å². The molecule has 2 aliphatic heterocycles. The molecule has 1 aromatic rings. The Morgan fingerprint density at radius 2 is 1.85 bits per heavy atom. The molecule has 3 rings (SSSR count). The number of amides is 1. The van der Waals surface area contributed by atoms with Crippen LogP contribution in [0.15, 0.2) is 11.1 Å². The number of hydrogen-bond acceptors (Lipinski definition) is 6. The summed E-state index contributed by atoms with van der Waals surface area (Å²) in [6, 6.07) is 0. The molecule has 1 spiro atoms. The molecule has 0 atom stereocenters. The highest BCUT2D eigenvalue weighted by atomic mass is 32.2. The van der Waals surface area contributed by atoms with E-state index in [0.29, 0.717) is 18.8 Å². The minimum Gasteiger partial charge on any atom is -0.444 e. The predicted molar refractivity (Wildman–Crippen MR) is 94.0 cm³/mol. The van der Waals surface area contributed by atoms with Gasteiger partial charge in [0.15, 0.2) is 5.82 Å². The highest BCUT2D eigenvalue weighted by Crippen LogP contribution is 2.45. The molecule has 0 saturated carbocycles. The molecule has 0 N–H and O–H groups in total. The van der Waals surface area contributed by atoms with Gasteiger partial charge in [0.1, 0.15) is 5.60 Å². The Hall–Kier alpha value is -1.48. The minimum atomic E-state index is -3.04. The number of aromatic nitrogens is 2. The van der Waals surface area contributed by atoms with E-state index in [1.807, 2.05) is 20.8 Å². The standard InChI is InChI=1S/C17H24F2N4O2S/c1-11-12(6-20-13(21-11)16(5,18)19)26-23-9-17(10-23)7-22(8-17)14(24)25-15(2,3)4/h6H,7-10H2,1-5H3. The van der Waals surface area contributed by atoms with Gasteiger partial charge in [-0.05, 0) is 39.6 Å². The monoisotopic (exact) mass is 386 g/mol. The summed E-state index contributed by atoms with van der Waals surface area (Å²) in [5.74, 6) is -3.49. The van der Waals surface area contributed by atoms with E-state index < -0.39 is 17.3 Å². The molecule has 2 fully saturated rings. The number of rotatable bonds is 3. The topological polar surface area (TPSA) is 58.6 Å². The Bertz CT molecular complexity index is 704. The Labute approximate surface area is 156 Å². The van der Waals surface area contributed by atoms with Crippen LogP contribution in [-0.4, -0.2) is 57.0 Å². The molecule has 2 aliphatic rings. The van der Waals surface area contributed by atoms with Crippen molar-refractivity contribution in [3.63, 3.8) is 0 Å². The Morgan fingerprint density at radius 3 is 2.35 bits per heavy atom. The van der Waals surface area contributed by atoms with E-state index in [9.17, 15) is 13.6 Å². The van der Waals surface area contributed by atoms with Gasteiger partial charge >= 0.3 is 12.0 Å². The molecule has 2 saturated heterocycles. The van der Waals surface area contributed by atoms with E-state index in [4.69, 9.17) is 4.74 Å². The molecule has 144 valence electrons. The molecular weight excluding hydrogens is 362 g/mol. The van der Waals surface area contributed by atoms with Gasteiger partial charge in [-0.3, -0.25) is 0 Å². The van der Waals surface area contributed by atoms with E-state index in [1.165, 1.54) is 18.1 Å². The van der Waals surface area contributed by atoms with Crippen molar-refractivity contribution in [3.05, 3.63) is 17.7 Å². The zero-order valence-corrected chi connectivity index (χ0v) is 16.5. The van der Waals surface area contributed by atoms with Crippen LogP contribution >= 0.6 is 11.9 Å². The highest BCUT2D eigenvalue weighted by Gasteiger charge is 2.54. The van der Waals surface area contributed by atoms with Gasteiger partial charge in [0.25, 0.3) is 0 Å². The minimum absolute atomic E-state index is 0.120. The van der Waals surface area contributed by atoms with Crippen molar-refractivity contribution in [2.45, 2.75) is 51.0 Å². The maximum Gasteiger partial charge on any atom is 0.410 e. The highest BCUT2D eigenvalue weighted by molar-refractivity contribution is 7.97. The fourth-order valence-electron chi connectivity index (χ4n) is 3.08. The molecule has 0 aromatic carbocycles. The van der Waals surface area contributed by atoms with Gasteiger partial charge in [-0.25, -0.2) is 19.1 Å². The van der Waals surface area contributed by atoms with Crippen LogP contribution in [0, 0.1) is 12.3 Å². The first-order valence-corrected chi connectivity index (χ1v) is 9.27. The molecule has 9 heteroatoms. The van der Waals surface area contributed by atoms with Crippen molar-refractivity contribution >= 4 is 18.0 Å². The summed E-state index contributed by atoms with van der Waals surface area (Å²) in [6.07, 6.45) is 1.19. The Kier molecular flexibility index (Phi) is 4.67. The maximum absolute atomic E-state index is 13.3. The average molecular weight is 386 g/mol. The second kappa shape index (κ2) is 6.30. The van der Waals surface area contributed by atoms with Crippen molar-refractivity contribution in [2.24, 2.45) is 5.41 Å². The first-order valence-electron chi connectivity index (χ1n) is 8.50. The van der Waals surface area contributed by atoms with Crippen LogP contribution < -0.4 is 0 Å². The Morgan fingerprint density at radius 1 is 1.23 bits per heavy atom. The fraction of sp³-hybridized carbons (Fsp3) is 0.706. The van der Waals surface area contributed by atoms with E-state index in [2.05, 4.69) is 14.3 Å². The largest absolute Gasteiger partial charge is 0.444 e. The summed E-state index contributed by atoms with van der Waals surface area (Å²) in [5.41, 5.74) is 0.182. The zero-order valence-electron chi connectivity index (χ0n) is 15.7. The van der Waals surface area contributed by atoms with Crippen LogP contribution in [0.5, 0.6) is 0 Å². The van der Waals surface area contributed by atoms with E-state index >= 15 is 0 Å². The number of alkyl halides is 2. The lowest BCUT2D eigenvalue weighted by molar-refractivity contribution is -0.0812. The maximum atomic E-state index is 13.3. The smallest absolute Gasteiger partial charge is 0.410 e. The van der Waals surface area contributed by atoms with E-state index in [0.717, 1.165) is 24.9 Å². The average Bonchev–Trinajstić information content (AvgIpc) is 2.38. The molecule has 0 aliphatic carbocycles. The van der Waals surface area contributed by atoms with Gasteiger partial charge in [0.2, 0.25) is 0 Å². The van der Waals surface area contributed by atoms with Crippen molar-refractivity contribution in [1.29, 1.82) is 0 Å². The lowest BCUT2D eigenvalue weighted by atomic mass is 9.75. The van der Waals surface area contributed by atoms with Crippen LogP contribution in [0.4, 0.5) is 13.6 Å². The molecule has 3 heterocycles. The van der Waals surface area contributed by atoms with Gasteiger partial charge in [-0.1, -0.05) is 0 Å². The summed E-state index contributed by atoms with van der Waals surface area (Å²) in [7, 11) is 0. The van der Waals surface area contributed by atoms with E-state index in [1.54, 1.807) is 11.8 Å². The van der Waals surface area contributed by atoms with Crippen molar-refractivity contribution in [3.8, 4) is 0 Å². The number of nitrogens with zero attached hydrogens (tertiary/aromatic N) is 4. The summed E-state index contributed by atoms with van der Waals surface area (Å²) >= 11 is 1.48. The van der Waals surface area contributed by atoms with Gasteiger partial charge < -0.3 is 9.64 Å². The first-order chi connectivity index (χ1) is 11.9. The number of aryl methyl sites for hydroxylation is 1. The van der Waals surface area contributed by atoms with Crippen molar-refractivity contribution in [2.75, 3.05) is 26.2 Å². The number of hydrogen-bond donors (Lipinski definition) is 0. The van der Waals surface area contributed by atoms with Gasteiger partial charge in [-0.15, -0.1) is 0 Å². The summed E-state index contributed by atoms with van der Waals surface area (Å²) in [5, 5.41) is 0. The number of carbonyl (C=O) groups is 1. The third-order valence-corrected chi connectivity index (χ3v) is 5.40. The number of ether oxygens (including phenoxy) is 1. The third kappa shape index (κ3) is 4.09. The predicted octanol–water partition coefficient (Wildman–Crippen LogP) is 3.46. The molecule has 0 radical (unpaired) electrons.